The SMILES string of the molecule is [CH-]1CCC2C3NC(NC4NC(NC5NC(NC6NC(N3)C3CCCCC63)C3CCCCC53)C3CCCCC43)C2C1.[Zn].[c-]1cccs1.[c-]1cccs1.[c-]1cccs1.[c-]1cccs1. The number of fused-ring (bicyclic) bond motifs is 20. The van der Waals surface area contributed by atoms with Crippen LogP contribution in [0.1, 0.15) is 96.3 Å². The van der Waals surface area contributed by atoms with Gasteiger partial charge in [-0.15, -0.1) is 21.5 Å². The summed E-state index contributed by atoms with van der Waals surface area (Å²) in [5, 5.41) is 53.3. The Bertz CT molecular complexity index is 1320. The van der Waals surface area contributed by atoms with Crippen LogP contribution in [0.2, 0.25) is 0 Å². The number of thiophene rings is 4. The van der Waals surface area contributed by atoms with Gasteiger partial charge in [0.05, 0.1) is 49.3 Å². The summed E-state index contributed by atoms with van der Waals surface area (Å²) in [6.45, 7) is 0. The fourth-order valence-corrected chi connectivity index (χ4v) is 14.1. The molecule has 8 bridgehead atoms. The molecule has 16 unspecified atom stereocenters. The molecule has 4 aromatic heterocycles. The molecule has 0 spiro atoms. The molecule has 61 heavy (non-hydrogen) atoms. The van der Waals surface area contributed by atoms with Crippen molar-refractivity contribution >= 4 is 45.3 Å². The van der Waals surface area contributed by atoms with Crippen LogP contribution in [-0.2, 0) is 19.5 Å². The maximum atomic E-state index is 4.26. The van der Waals surface area contributed by atoms with Crippen LogP contribution in [0, 0.1) is 75.3 Å². The Balaban J connectivity index is 0.000000200. The Morgan fingerprint density at radius 2 is 0.590 bits per heavy atom. The molecule has 9 fully saturated rings. The molecule has 4 aromatic rings. The fourth-order valence-electron chi connectivity index (χ4n) is 12.6. The zero-order chi connectivity index (χ0) is 40.4. The summed E-state index contributed by atoms with van der Waals surface area (Å²) in [5.41, 5.74) is 0. The average molecular weight is 950 g/mol. The molecule has 0 radical (unpaired) electrons. The summed E-state index contributed by atoms with van der Waals surface area (Å²) >= 11 is 6.35. The molecule has 9 aliphatic rings. The van der Waals surface area contributed by atoms with E-state index in [-0.39, 0.29) is 19.5 Å². The maximum Gasteiger partial charge on any atom is 0.0628 e. The standard InChI is InChI=1S/C32H55N8.4C4H3S.Zn/c1-2-10-18-17(9-1)25-33-26(18)38-28-21-13-5-6-14-22(21)30(35-28)40-32-24-16-8-7-15-23(24)31(36-32)39-29-20-12-4-3-11-19(20)27(34-29)37-25;4*1-2-4-5-3-1;/h1,17-40H,2-16H2;4*1-3H;/q5*-1;. The first-order chi connectivity index (χ1) is 29.8. The second-order valence-corrected chi connectivity index (χ2v) is 21.3. The van der Waals surface area contributed by atoms with E-state index < -0.39 is 0 Å². The van der Waals surface area contributed by atoms with Gasteiger partial charge in [-0.3, -0.25) is 42.5 Å². The second kappa shape index (κ2) is 24.0. The van der Waals surface area contributed by atoms with E-state index in [1.807, 2.05) is 70.1 Å². The molecule has 5 saturated heterocycles. The third-order valence-corrected chi connectivity index (χ3v) is 17.4. The Hall–Kier alpha value is -0.897. The van der Waals surface area contributed by atoms with Gasteiger partial charge in [0.25, 0.3) is 0 Å². The molecule has 13 rings (SSSR count). The predicted molar refractivity (Wildman–Crippen MR) is 249 cm³/mol. The van der Waals surface area contributed by atoms with Crippen LogP contribution in [-0.4, -0.2) is 49.3 Å². The molecular weight excluding hydrogens is 882 g/mol. The minimum Gasteiger partial charge on any atom is -0.328 e. The van der Waals surface area contributed by atoms with Crippen LogP contribution < -0.4 is 42.5 Å². The maximum absolute atomic E-state index is 4.26. The minimum atomic E-state index is 0. The summed E-state index contributed by atoms with van der Waals surface area (Å²) in [4.78, 5) is 0. The molecule has 0 aromatic carbocycles. The molecular formula is C48H67N8S4Zn-5. The van der Waals surface area contributed by atoms with Crippen molar-refractivity contribution in [1.82, 2.24) is 42.5 Å². The van der Waals surface area contributed by atoms with Crippen molar-refractivity contribution in [2.24, 2.45) is 47.3 Å². The van der Waals surface area contributed by atoms with Gasteiger partial charge < -0.3 is 51.8 Å². The van der Waals surface area contributed by atoms with E-state index in [4.69, 9.17) is 0 Å². The first-order valence-electron chi connectivity index (χ1n) is 23.3. The van der Waals surface area contributed by atoms with Gasteiger partial charge in [-0.25, -0.2) is 24.3 Å². The summed E-state index contributed by atoms with van der Waals surface area (Å²) in [5.74, 6) is 5.84. The third kappa shape index (κ3) is 11.9. The third-order valence-electron chi connectivity index (χ3n) is 15.1. The first kappa shape index (κ1) is 46.6. The van der Waals surface area contributed by atoms with Crippen LogP contribution in [0.15, 0.2) is 70.1 Å². The molecule has 8 nitrogen and oxygen atoms in total. The van der Waals surface area contributed by atoms with Crippen LogP contribution in [0.5, 0.6) is 0 Å². The largest absolute Gasteiger partial charge is 0.328 e. The second-order valence-electron chi connectivity index (χ2n) is 18.3. The number of nitrogens with one attached hydrogen (secondary N) is 8. The Morgan fingerprint density at radius 3 is 0.803 bits per heavy atom. The molecule has 16 atom stereocenters. The van der Waals surface area contributed by atoms with Crippen molar-refractivity contribution in [2.75, 3.05) is 0 Å². The number of rotatable bonds is 0. The normalized spacial score (nSPS) is 40.4. The zero-order valence-electron chi connectivity index (χ0n) is 35.7. The molecule has 5 aliphatic heterocycles. The van der Waals surface area contributed by atoms with Crippen molar-refractivity contribution in [1.29, 1.82) is 0 Å². The Kier molecular flexibility index (Phi) is 18.4. The van der Waals surface area contributed by atoms with Crippen molar-refractivity contribution < 1.29 is 19.5 Å². The van der Waals surface area contributed by atoms with E-state index in [9.17, 15) is 0 Å². The Labute approximate surface area is 395 Å². The summed E-state index contributed by atoms with van der Waals surface area (Å²) in [7, 11) is 0. The molecule has 330 valence electrons. The molecule has 4 aliphatic carbocycles. The van der Waals surface area contributed by atoms with Crippen LogP contribution in [0.3, 0.4) is 0 Å². The van der Waals surface area contributed by atoms with Crippen LogP contribution in [0.25, 0.3) is 0 Å². The molecule has 9 heterocycles. The Morgan fingerprint density at radius 1 is 0.344 bits per heavy atom. The van der Waals surface area contributed by atoms with Gasteiger partial charge in [-0.1, -0.05) is 44.9 Å². The molecule has 8 N–H and O–H groups in total. The minimum absolute atomic E-state index is 0. The van der Waals surface area contributed by atoms with Gasteiger partial charge in [-0.2, -0.15) is 58.6 Å². The smallest absolute Gasteiger partial charge is 0.0628 e. The number of hydrogen-bond acceptors (Lipinski definition) is 12. The van der Waals surface area contributed by atoms with E-state index >= 15 is 0 Å². The van der Waals surface area contributed by atoms with E-state index in [1.54, 1.807) is 45.3 Å². The van der Waals surface area contributed by atoms with Gasteiger partial charge in [0, 0.05) is 19.5 Å². The number of hydrogen-bond donors (Lipinski definition) is 8. The van der Waals surface area contributed by atoms with Crippen molar-refractivity contribution in [3.05, 3.63) is 98.0 Å². The van der Waals surface area contributed by atoms with Crippen LogP contribution >= 0.6 is 45.3 Å². The van der Waals surface area contributed by atoms with Gasteiger partial charge >= 0.3 is 0 Å². The van der Waals surface area contributed by atoms with E-state index in [1.165, 1.54) is 96.3 Å². The van der Waals surface area contributed by atoms with Crippen molar-refractivity contribution in [3.8, 4) is 0 Å². The molecule has 13 heteroatoms. The van der Waals surface area contributed by atoms with E-state index in [0.717, 1.165) is 35.5 Å². The predicted octanol–water partition coefficient (Wildman–Crippen LogP) is 8.61. The monoisotopic (exact) mass is 947 g/mol. The zero-order valence-corrected chi connectivity index (χ0v) is 41.9. The van der Waals surface area contributed by atoms with E-state index in [0.29, 0.717) is 61.2 Å². The van der Waals surface area contributed by atoms with E-state index in [2.05, 4.69) is 70.5 Å². The average Bonchev–Trinajstić information content (AvgIpc) is 4.16. The molecule has 0 amide bonds. The summed E-state index contributed by atoms with van der Waals surface area (Å²) in [6, 6.07) is 15.4. The first-order valence-corrected chi connectivity index (χ1v) is 26.8. The van der Waals surface area contributed by atoms with Crippen molar-refractivity contribution in [2.45, 2.75) is 146 Å². The molecule has 4 saturated carbocycles. The van der Waals surface area contributed by atoms with Gasteiger partial charge in [0.15, 0.2) is 0 Å². The quantitative estimate of drug-likeness (QED) is 0.0657. The van der Waals surface area contributed by atoms with Gasteiger partial charge in [0.2, 0.25) is 0 Å². The summed E-state index contributed by atoms with van der Waals surface area (Å²) < 4.78 is 0. The topological polar surface area (TPSA) is 96.2 Å². The van der Waals surface area contributed by atoms with Gasteiger partial charge in [0.1, 0.15) is 0 Å². The van der Waals surface area contributed by atoms with Crippen molar-refractivity contribution in [3.63, 3.8) is 0 Å². The fraction of sp³-hybridized carbons (Fsp3) is 0.646. The van der Waals surface area contributed by atoms with Gasteiger partial charge in [-0.05, 0) is 85.9 Å². The van der Waals surface area contributed by atoms with Crippen LogP contribution in [0.4, 0.5) is 0 Å². The summed E-state index contributed by atoms with van der Waals surface area (Å²) in [6.07, 6.45) is 26.3.